The number of ether oxygens (including phenoxy) is 2. The van der Waals surface area contributed by atoms with E-state index in [0.29, 0.717) is 23.4 Å². The Morgan fingerprint density at radius 3 is 2.67 bits per heavy atom. The van der Waals surface area contributed by atoms with Crippen LogP contribution in [0.15, 0.2) is 18.2 Å². The summed E-state index contributed by atoms with van der Waals surface area (Å²) in [4.78, 5) is 11.7. The van der Waals surface area contributed by atoms with Crippen molar-refractivity contribution in [3.63, 3.8) is 0 Å². The summed E-state index contributed by atoms with van der Waals surface area (Å²) in [6.45, 7) is 3.48. The molecule has 100 valence electrons. The van der Waals surface area contributed by atoms with Crippen LogP contribution < -0.4 is 10.5 Å². The van der Waals surface area contributed by atoms with Gasteiger partial charge in [0.2, 0.25) is 0 Å². The highest BCUT2D eigenvalue weighted by Gasteiger charge is 2.15. The van der Waals surface area contributed by atoms with Crippen molar-refractivity contribution in [1.82, 2.24) is 0 Å². The molecule has 0 fully saturated rings. The number of benzene rings is 1. The third-order valence-corrected chi connectivity index (χ3v) is 2.42. The predicted molar refractivity (Wildman–Crippen MR) is 68.6 cm³/mol. The highest BCUT2D eigenvalue weighted by atomic mass is 16.5. The van der Waals surface area contributed by atoms with E-state index in [9.17, 15) is 9.90 Å². The number of nitrogen functional groups attached to an aromatic ring is 1. The van der Waals surface area contributed by atoms with Crippen molar-refractivity contribution in [2.24, 2.45) is 0 Å². The van der Waals surface area contributed by atoms with Gasteiger partial charge in [-0.25, -0.2) is 4.79 Å². The van der Waals surface area contributed by atoms with Crippen molar-refractivity contribution in [3.05, 3.63) is 23.8 Å². The summed E-state index contributed by atoms with van der Waals surface area (Å²) in [5.74, 6) is -0.0236. The average molecular weight is 253 g/mol. The third-order valence-electron chi connectivity index (χ3n) is 2.42. The first-order chi connectivity index (χ1) is 8.33. The van der Waals surface area contributed by atoms with E-state index >= 15 is 0 Å². The molecule has 5 heteroatoms. The standard InChI is InChI=1S/C13H19NO4/c1-13(2,16)6-7-18-12(15)9-4-5-10(14)11(8-9)17-3/h4-5,8,16H,6-7,14H2,1-3H3. The normalized spacial score (nSPS) is 11.1. The van der Waals surface area contributed by atoms with Crippen LogP contribution in [0.1, 0.15) is 30.6 Å². The molecule has 0 radical (unpaired) electrons. The fourth-order valence-electron chi connectivity index (χ4n) is 1.31. The van der Waals surface area contributed by atoms with Crippen molar-refractivity contribution in [2.45, 2.75) is 25.9 Å². The smallest absolute Gasteiger partial charge is 0.338 e. The highest BCUT2D eigenvalue weighted by Crippen LogP contribution is 2.22. The van der Waals surface area contributed by atoms with Crippen LogP contribution in [-0.2, 0) is 4.74 Å². The largest absolute Gasteiger partial charge is 0.495 e. The topological polar surface area (TPSA) is 81.8 Å². The number of nitrogens with two attached hydrogens (primary N) is 1. The van der Waals surface area contributed by atoms with Gasteiger partial charge in [0.25, 0.3) is 0 Å². The Morgan fingerprint density at radius 2 is 2.11 bits per heavy atom. The molecule has 18 heavy (non-hydrogen) atoms. The lowest BCUT2D eigenvalue weighted by Gasteiger charge is -2.16. The second-order valence-electron chi connectivity index (χ2n) is 4.66. The number of carbonyl (C=O) groups is 1. The molecular formula is C13H19NO4. The molecule has 0 aliphatic carbocycles. The van der Waals surface area contributed by atoms with Crippen LogP contribution in [0.3, 0.4) is 0 Å². The van der Waals surface area contributed by atoms with E-state index in [2.05, 4.69) is 0 Å². The number of carbonyl (C=O) groups excluding carboxylic acids is 1. The lowest BCUT2D eigenvalue weighted by atomic mass is 10.1. The first-order valence-corrected chi connectivity index (χ1v) is 5.66. The van der Waals surface area contributed by atoms with Gasteiger partial charge in [-0.3, -0.25) is 0 Å². The van der Waals surface area contributed by atoms with Gasteiger partial charge in [0.1, 0.15) is 5.75 Å². The molecule has 5 nitrogen and oxygen atoms in total. The molecular weight excluding hydrogens is 234 g/mol. The lowest BCUT2D eigenvalue weighted by molar-refractivity contribution is 0.0244. The van der Waals surface area contributed by atoms with Crippen molar-refractivity contribution in [1.29, 1.82) is 0 Å². The van der Waals surface area contributed by atoms with Crippen LogP contribution in [0.25, 0.3) is 0 Å². The predicted octanol–water partition coefficient (Wildman–Crippen LogP) is 1.60. The molecule has 0 bridgehead atoms. The van der Waals surface area contributed by atoms with E-state index in [0.717, 1.165) is 0 Å². The summed E-state index contributed by atoms with van der Waals surface area (Å²) in [7, 11) is 1.48. The number of methoxy groups -OCH3 is 1. The first-order valence-electron chi connectivity index (χ1n) is 5.66. The fourth-order valence-corrected chi connectivity index (χ4v) is 1.31. The number of hydrogen-bond donors (Lipinski definition) is 2. The van der Waals surface area contributed by atoms with Crippen LogP contribution in [0.4, 0.5) is 5.69 Å². The summed E-state index contributed by atoms with van der Waals surface area (Å²) < 4.78 is 10.1. The number of hydrogen-bond acceptors (Lipinski definition) is 5. The maximum Gasteiger partial charge on any atom is 0.338 e. The fraction of sp³-hybridized carbons (Fsp3) is 0.462. The molecule has 1 aromatic rings. The summed E-state index contributed by atoms with van der Waals surface area (Å²) >= 11 is 0. The third kappa shape index (κ3) is 4.25. The molecule has 0 aromatic heterocycles. The van der Waals surface area contributed by atoms with Crippen LogP contribution in [0.5, 0.6) is 5.75 Å². The monoisotopic (exact) mass is 253 g/mol. The Kier molecular flexibility index (Phi) is 4.55. The van der Waals surface area contributed by atoms with E-state index in [4.69, 9.17) is 15.2 Å². The quantitative estimate of drug-likeness (QED) is 0.615. The SMILES string of the molecule is COc1cc(C(=O)OCCC(C)(C)O)ccc1N. The van der Waals surface area contributed by atoms with Gasteiger partial charge in [0.15, 0.2) is 0 Å². The van der Waals surface area contributed by atoms with Gasteiger partial charge < -0.3 is 20.3 Å². The molecule has 3 N–H and O–H groups in total. The summed E-state index contributed by atoms with van der Waals surface area (Å²) in [6.07, 6.45) is 0.380. The summed E-state index contributed by atoms with van der Waals surface area (Å²) in [6, 6.07) is 4.69. The Bertz CT molecular complexity index is 423. The van der Waals surface area contributed by atoms with Crippen molar-refractivity contribution < 1.29 is 19.4 Å². The van der Waals surface area contributed by atoms with E-state index in [-0.39, 0.29) is 6.61 Å². The Labute approximate surface area is 107 Å². The van der Waals surface area contributed by atoms with E-state index in [1.807, 2.05) is 0 Å². The average Bonchev–Trinajstić information content (AvgIpc) is 2.27. The zero-order valence-electron chi connectivity index (χ0n) is 10.9. The van der Waals surface area contributed by atoms with Gasteiger partial charge in [-0.05, 0) is 32.0 Å². The van der Waals surface area contributed by atoms with Crippen molar-refractivity contribution in [2.75, 3.05) is 19.5 Å². The summed E-state index contributed by atoms with van der Waals surface area (Å²) in [5, 5.41) is 9.49. The van der Waals surface area contributed by atoms with Gasteiger partial charge in [0.05, 0.1) is 30.6 Å². The molecule has 0 atom stereocenters. The van der Waals surface area contributed by atoms with Crippen LogP contribution >= 0.6 is 0 Å². The van der Waals surface area contributed by atoms with Crippen LogP contribution in [0, 0.1) is 0 Å². The molecule has 1 aromatic carbocycles. The van der Waals surface area contributed by atoms with Gasteiger partial charge in [-0.1, -0.05) is 0 Å². The zero-order chi connectivity index (χ0) is 13.8. The van der Waals surface area contributed by atoms with Gasteiger partial charge in [0, 0.05) is 6.42 Å². The molecule has 0 saturated carbocycles. The van der Waals surface area contributed by atoms with Gasteiger partial charge >= 0.3 is 5.97 Å². The van der Waals surface area contributed by atoms with Gasteiger partial charge in [-0.2, -0.15) is 0 Å². The summed E-state index contributed by atoms with van der Waals surface area (Å²) in [5.41, 5.74) is 5.63. The minimum absolute atomic E-state index is 0.162. The Hall–Kier alpha value is -1.75. The minimum Gasteiger partial charge on any atom is -0.495 e. The molecule has 0 unspecified atom stereocenters. The first kappa shape index (κ1) is 14.3. The molecule has 0 heterocycles. The van der Waals surface area contributed by atoms with E-state index < -0.39 is 11.6 Å². The zero-order valence-corrected chi connectivity index (χ0v) is 10.9. The molecule has 0 aliphatic rings. The second-order valence-corrected chi connectivity index (χ2v) is 4.66. The molecule has 1 rings (SSSR count). The van der Waals surface area contributed by atoms with Gasteiger partial charge in [-0.15, -0.1) is 0 Å². The number of rotatable bonds is 5. The number of anilines is 1. The number of aliphatic hydroxyl groups is 1. The molecule has 0 spiro atoms. The maximum absolute atomic E-state index is 11.7. The second kappa shape index (κ2) is 5.73. The minimum atomic E-state index is -0.848. The van der Waals surface area contributed by atoms with E-state index in [1.54, 1.807) is 26.0 Å². The lowest BCUT2D eigenvalue weighted by Crippen LogP contribution is -2.22. The number of esters is 1. The van der Waals surface area contributed by atoms with Crippen molar-refractivity contribution in [3.8, 4) is 5.75 Å². The molecule has 0 aliphatic heterocycles. The Morgan fingerprint density at radius 1 is 1.44 bits per heavy atom. The highest BCUT2D eigenvalue weighted by molar-refractivity contribution is 5.90. The van der Waals surface area contributed by atoms with E-state index in [1.165, 1.54) is 13.2 Å². The molecule has 0 saturated heterocycles. The van der Waals surface area contributed by atoms with Crippen LogP contribution in [0.2, 0.25) is 0 Å². The molecule has 0 amide bonds. The maximum atomic E-state index is 11.7. The Balaban J connectivity index is 2.62. The van der Waals surface area contributed by atoms with Crippen LogP contribution in [-0.4, -0.2) is 30.4 Å². The van der Waals surface area contributed by atoms with Crippen molar-refractivity contribution >= 4 is 11.7 Å².